The van der Waals surface area contributed by atoms with Crippen LogP contribution in [0.4, 0.5) is 13.9 Å². The average Bonchev–Trinajstić information content (AvgIpc) is 2.90. The van der Waals surface area contributed by atoms with E-state index >= 15 is 0 Å². The van der Waals surface area contributed by atoms with Crippen molar-refractivity contribution in [1.82, 2.24) is 4.98 Å². The first kappa shape index (κ1) is 15.4. The van der Waals surface area contributed by atoms with E-state index in [4.69, 9.17) is 4.74 Å². The fraction of sp³-hybridized carbons (Fsp3) is 0.125. The summed E-state index contributed by atoms with van der Waals surface area (Å²) < 4.78 is 32.1. The van der Waals surface area contributed by atoms with Gasteiger partial charge >= 0.3 is 0 Å². The van der Waals surface area contributed by atoms with Crippen LogP contribution >= 0.6 is 11.3 Å². The molecule has 0 fully saturated rings. The lowest BCUT2D eigenvalue weighted by Gasteiger charge is -2.13. The van der Waals surface area contributed by atoms with E-state index in [1.54, 1.807) is 13.0 Å². The minimum absolute atomic E-state index is 0.355. The summed E-state index contributed by atoms with van der Waals surface area (Å²) in [5.74, 6) is -0.738. The summed E-state index contributed by atoms with van der Waals surface area (Å²) in [5.41, 5.74) is 0.610. The molecule has 0 saturated carbocycles. The van der Waals surface area contributed by atoms with Crippen molar-refractivity contribution in [2.24, 2.45) is 0 Å². The number of ether oxygens (including phenoxy) is 1. The lowest BCUT2D eigenvalue weighted by Crippen LogP contribution is -2.30. The third-order valence-electron chi connectivity index (χ3n) is 3.08. The SMILES string of the molecule is CC(Oc1ccc(F)cc1)C(=O)Nc1nc2ccc(F)cc2s1. The second-order valence-electron chi connectivity index (χ2n) is 4.83. The summed E-state index contributed by atoms with van der Waals surface area (Å²) in [6, 6.07) is 9.62. The fourth-order valence-corrected chi connectivity index (χ4v) is 2.82. The fourth-order valence-electron chi connectivity index (χ4n) is 1.93. The second kappa shape index (κ2) is 6.29. The van der Waals surface area contributed by atoms with Gasteiger partial charge in [-0.05, 0) is 49.4 Å². The van der Waals surface area contributed by atoms with Gasteiger partial charge in [-0.1, -0.05) is 11.3 Å². The van der Waals surface area contributed by atoms with E-state index in [1.807, 2.05) is 0 Å². The first-order valence-electron chi connectivity index (χ1n) is 6.80. The van der Waals surface area contributed by atoms with Gasteiger partial charge in [0.15, 0.2) is 11.2 Å². The number of hydrogen-bond acceptors (Lipinski definition) is 4. The molecule has 2 aromatic carbocycles. The molecule has 3 aromatic rings. The van der Waals surface area contributed by atoms with Crippen LogP contribution in [0.2, 0.25) is 0 Å². The average molecular weight is 334 g/mol. The van der Waals surface area contributed by atoms with E-state index in [0.29, 0.717) is 21.1 Å². The number of thiazole rings is 1. The van der Waals surface area contributed by atoms with Crippen LogP contribution in [0.25, 0.3) is 10.2 Å². The molecule has 4 nitrogen and oxygen atoms in total. The van der Waals surface area contributed by atoms with Gasteiger partial charge in [0.05, 0.1) is 10.2 Å². The van der Waals surface area contributed by atoms with Gasteiger partial charge in [-0.25, -0.2) is 13.8 Å². The van der Waals surface area contributed by atoms with E-state index in [0.717, 1.165) is 0 Å². The number of hydrogen-bond donors (Lipinski definition) is 1. The maximum atomic E-state index is 13.2. The topological polar surface area (TPSA) is 51.2 Å². The van der Waals surface area contributed by atoms with E-state index in [2.05, 4.69) is 10.3 Å². The van der Waals surface area contributed by atoms with Crippen molar-refractivity contribution < 1.29 is 18.3 Å². The molecule has 0 saturated heterocycles. The number of benzene rings is 2. The molecule has 1 amide bonds. The number of anilines is 1. The first-order chi connectivity index (χ1) is 11.0. The molecule has 0 aliphatic rings. The predicted octanol–water partition coefficient (Wildman–Crippen LogP) is 3.98. The molecule has 118 valence electrons. The van der Waals surface area contributed by atoms with Crippen LogP contribution in [0.1, 0.15) is 6.92 Å². The van der Waals surface area contributed by atoms with Crippen LogP contribution in [-0.4, -0.2) is 17.0 Å². The highest BCUT2D eigenvalue weighted by Crippen LogP contribution is 2.26. The maximum absolute atomic E-state index is 13.2. The Morgan fingerprint density at radius 1 is 1.17 bits per heavy atom. The molecule has 1 atom stereocenters. The number of halogens is 2. The zero-order chi connectivity index (χ0) is 16.4. The van der Waals surface area contributed by atoms with Crippen LogP contribution in [0.5, 0.6) is 5.75 Å². The largest absolute Gasteiger partial charge is 0.481 e. The van der Waals surface area contributed by atoms with Gasteiger partial charge in [0, 0.05) is 0 Å². The number of nitrogens with one attached hydrogen (secondary N) is 1. The van der Waals surface area contributed by atoms with Crippen molar-refractivity contribution in [3.05, 3.63) is 54.1 Å². The highest BCUT2D eigenvalue weighted by molar-refractivity contribution is 7.22. The lowest BCUT2D eigenvalue weighted by atomic mass is 10.3. The quantitative estimate of drug-likeness (QED) is 0.785. The molecule has 0 aliphatic heterocycles. The van der Waals surface area contributed by atoms with Crippen LogP contribution in [0.3, 0.4) is 0 Å². The zero-order valence-corrected chi connectivity index (χ0v) is 12.9. The zero-order valence-electron chi connectivity index (χ0n) is 12.0. The predicted molar refractivity (Wildman–Crippen MR) is 84.7 cm³/mol. The smallest absolute Gasteiger partial charge is 0.266 e. The molecule has 0 radical (unpaired) electrons. The van der Waals surface area contributed by atoms with Gasteiger partial charge in [0.1, 0.15) is 17.4 Å². The lowest BCUT2D eigenvalue weighted by molar-refractivity contribution is -0.122. The summed E-state index contributed by atoms with van der Waals surface area (Å²) >= 11 is 1.18. The van der Waals surface area contributed by atoms with E-state index in [9.17, 15) is 13.6 Å². The van der Waals surface area contributed by atoms with Crippen LogP contribution in [0, 0.1) is 11.6 Å². The number of nitrogens with zero attached hydrogens (tertiary/aromatic N) is 1. The Hall–Kier alpha value is -2.54. The van der Waals surface area contributed by atoms with Crippen LogP contribution < -0.4 is 10.1 Å². The Balaban J connectivity index is 1.68. The molecular weight excluding hydrogens is 322 g/mol. The van der Waals surface area contributed by atoms with Gasteiger partial charge in [0.2, 0.25) is 0 Å². The number of carbonyl (C=O) groups is 1. The Morgan fingerprint density at radius 2 is 1.87 bits per heavy atom. The van der Waals surface area contributed by atoms with Gasteiger partial charge in [-0.3, -0.25) is 10.1 Å². The number of carbonyl (C=O) groups excluding carboxylic acids is 1. The van der Waals surface area contributed by atoms with Crippen molar-refractivity contribution >= 4 is 32.6 Å². The molecule has 7 heteroatoms. The standard InChI is InChI=1S/C16H12F2N2O2S/c1-9(22-12-5-2-10(17)3-6-12)15(21)20-16-19-13-7-4-11(18)8-14(13)23-16/h2-9H,1H3,(H,19,20,21). The summed E-state index contributed by atoms with van der Waals surface area (Å²) in [4.78, 5) is 16.3. The van der Waals surface area contributed by atoms with E-state index < -0.39 is 12.0 Å². The highest BCUT2D eigenvalue weighted by Gasteiger charge is 2.17. The monoisotopic (exact) mass is 334 g/mol. The van der Waals surface area contributed by atoms with E-state index in [-0.39, 0.29) is 11.6 Å². The summed E-state index contributed by atoms with van der Waals surface area (Å²) in [6.45, 7) is 1.58. The van der Waals surface area contributed by atoms with Crippen LogP contribution in [-0.2, 0) is 4.79 Å². The number of amides is 1. The van der Waals surface area contributed by atoms with Gasteiger partial charge in [0.25, 0.3) is 5.91 Å². The molecule has 0 spiro atoms. The number of rotatable bonds is 4. The van der Waals surface area contributed by atoms with Crippen molar-refractivity contribution in [2.75, 3.05) is 5.32 Å². The Kier molecular flexibility index (Phi) is 4.20. The summed E-state index contributed by atoms with van der Waals surface area (Å²) in [7, 11) is 0. The normalized spacial score (nSPS) is 12.1. The molecule has 1 heterocycles. The number of fused-ring (bicyclic) bond motifs is 1. The molecular formula is C16H12F2N2O2S. The van der Waals surface area contributed by atoms with Crippen molar-refractivity contribution in [3.63, 3.8) is 0 Å². The van der Waals surface area contributed by atoms with Gasteiger partial charge in [-0.2, -0.15) is 0 Å². The Labute approximate surface area is 134 Å². The van der Waals surface area contributed by atoms with E-state index in [1.165, 1.54) is 47.7 Å². The Bertz CT molecular complexity index is 849. The minimum Gasteiger partial charge on any atom is -0.481 e. The molecule has 23 heavy (non-hydrogen) atoms. The van der Waals surface area contributed by atoms with Gasteiger partial charge < -0.3 is 4.74 Å². The molecule has 1 unspecified atom stereocenters. The molecule has 0 bridgehead atoms. The molecule has 0 aliphatic carbocycles. The van der Waals surface area contributed by atoms with Gasteiger partial charge in [-0.15, -0.1) is 0 Å². The first-order valence-corrected chi connectivity index (χ1v) is 7.62. The number of aromatic nitrogens is 1. The maximum Gasteiger partial charge on any atom is 0.266 e. The second-order valence-corrected chi connectivity index (χ2v) is 5.86. The third-order valence-corrected chi connectivity index (χ3v) is 4.01. The molecule has 3 rings (SSSR count). The van der Waals surface area contributed by atoms with Crippen molar-refractivity contribution in [3.8, 4) is 5.75 Å². The molecule has 1 N–H and O–H groups in total. The van der Waals surface area contributed by atoms with Crippen LogP contribution in [0.15, 0.2) is 42.5 Å². The minimum atomic E-state index is -0.788. The van der Waals surface area contributed by atoms with Crippen molar-refractivity contribution in [2.45, 2.75) is 13.0 Å². The summed E-state index contributed by atoms with van der Waals surface area (Å²) in [6.07, 6.45) is -0.788. The molecule has 1 aromatic heterocycles. The third kappa shape index (κ3) is 3.62. The highest BCUT2D eigenvalue weighted by atomic mass is 32.1. The van der Waals surface area contributed by atoms with Crippen molar-refractivity contribution in [1.29, 1.82) is 0 Å². The summed E-state index contributed by atoms with van der Waals surface area (Å²) in [5, 5.41) is 3.00. The Morgan fingerprint density at radius 3 is 2.61 bits per heavy atom.